The first kappa shape index (κ1) is 15.8. The molecule has 2 N–H and O–H groups in total. The van der Waals surface area contributed by atoms with E-state index < -0.39 is 6.10 Å². The Kier molecular flexibility index (Phi) is 3.99. The van der Waals surface area contributed by atoms with Gasteiger partial charge in [-0.15, -0.1) is 0 Å². The van der Waals surface area contributed by atoms with Gasteiger partial charge in [-0.25, -0.2) is 0 Å². The fraction of sp³-hybridized carbons (Fsp3) is 0.350. The van der Waals surface area contributed by atoms with E-state index >= 15 is 0 Å². The Balaban J connectivity index is 2.15. The molecule has 1 amide bonds. The minimum Gasteiger partial charge on any atom is -0.384 e. The number of rotatable bonds is 3. The third kappa shape index (κ3) is 2.45. The van der Waals surface area contributed by atoms with Crippen molar-refractivity contribution >= 4 is 11.6 Å². The van der Waals surface area contributed by atoms with Gasteiger partial charge in [0.25, 0.3) is 0 Å². The predicted octanol–water partition coefficient (Wildman–Crippen LogP) is 4.14. The van der Waals surface area contributed by atoms with E-state index in [1.165, 1.54) is 0 Å². The molecule has 23 heavy (non-hydrogen) atoms. The van der Waals surface area contributed by atoms with Crippen LogP contribution in [-0.4, -0.2) is 11.0 Å². The van der Waals surface area contributed by atoms with Gasteiger partial charge in [0.05, 0.1) is 5.92 Å². The van der Waals surface area contributed by atoms with E-state index in [4.69, 9.17) is 0 Å². The molecule has 2 aromatic carbocycles. The zero-order chi connectivity index (χ0) is 16.7. The molecule has 1 aliphatic heterocycles. The molecule has 3 rings (SSSR count). The summed E-state index contributed by atoms with van der Waals surface area (Å²) in [6, 6.07) is 9.90. The van der Waals surface area contributed by atoms with E-state index in [0.717, 1.165) is 45.5 Å². The SMILES string of the molecule is CCC1C(=O)Nc2c1cc(C(O)c1ccccc1C)c(C)c2C. The van der Waals surface area contributed by atoms with E-state index in [0.29, 0.717) is 0 Å². The molecule has 0 fully saturated rings. The maximum absolute atomic E-state index is 12.2. The lowest BCUT2D eigenvalue weighted by Gasteiger charge is -2.20. The molecule has 0 aromatic heterocycles. The summed E-state index contributed by atoms with van der Waals surface area (Å²) < 4.78 is 0. The number of carbonyl (C=O) groups is 1. The Hall–Kier alpha value is -2.13. The highest BCUT2D eigenvalue weighted by Gasteiger charge is 2.32. The highest BCUT2D eigenvalue weighted by Crippen LogP contribution is 2.41. The Labute approximate surface area is 137 Å². The average molecular weight is 309 g/mol. The average Bonchev–Trinajstić information content (AvgIpc) is 2.86. The Bertz CT molecular complexity index is 779. The zero-order valence-corrected chi connectivity index (χ0v) is 14.1. The van der Waals surface area contributed by atoms with Crippen molar-refractivity contribution < 1.29 is 9.90 Å². The van der Waals surface area contributed by atoms with Gasteiger partial charge in [0.1, 0.15) is 6.10 Å². The second-order valence-corrected chi connectivity index (χ2v) is 6.39. The van der Waals surface area contributed by atoms with Crippen LogP contribution in [0.25, 0.3) is 0 Å². The summed E-state index contributed by atoms with van der Waals surface area (Å²) in [6.45, 7) is 8.05. The number of hydrogen-bond acceptors (Lipinski definition) is 2. The molecule has 3 heteroatoms. The third-order valence-corrected chi connectivity index (χ3v) is 5.10. The van der Waals surface area contributed by atoms with Gasteiger partial charge in [-0.05, 0) is 66.6 Å². The predicted molar refractivity (Wildman–Crippen MR) is 92.8 cm³/mol. The maximum atomic E-state index is 12.2. The van der Waals surface area contributed by atoms with Crippen LogP contribution in [0.1, 0.15) is 58.7 Å². The number of aliphatic hydroxyl groups excluding tert-OH is 1. The van der Waals surface area contributed by atoms with Gasteiger partial charge in [-0.1, -0.05) is 31.2 Å². The van der Waals surface area contributed by atoms with Gasteiger partial charge in [0.2, 0.25) is 5.91 Å². The van der Waals surface area contributed by atoms with Crippen molar-refractivity contribution in [3.05, 3.63) is 63.7 Å². The van der Waals surface area contributed by atoms with Gasteiger partial charge >= 0.3 is 0 Å². The molecule has 0 saturated carbocycles. The van der Waals surface area contributed by atoms with Crippen LogP contribution in [0.15, 0.2) is 30.3 Å². The summed E-state index contributed by atoms with van der Waals surface area (Å²) in [5.41, 5.74) is 6.92. The number of fused-ring (bicyclic) bond motifs is 1. The van der Waals surface area contributed by atoms with E-state index in [-0.39, 0.29) is 11.8 Å². The minimum atomic E-state index is -0.673. The lowest BCUT2D eigenvalue weighted by Crippen LogP contribution is -2.10. The Morgan fingerprint density at radius 1 is 1.13 bits per heavy atom. The molecule has 2 aromatic rings. The molecule has 2 atom stereocenters. The first-order valence-corrected chi connectivity index (χ1v) is 8.14. The second kappa shape index (κ2) is 5.82. The maximum Gasteiger partial charge on any atom is 0.232 e. The van der Waals surface area contributed by atoms with Gasteiger partial charge < -0.3 is 10.4 Å². The topological polar surface area (TPSA) is 49.3 Å². The summed E-state index contributed by atoms with van der Waals surface area (Å²) in [6.07, 6.45) is 0.0923. The van der Waals surface area contributed by atoms with Gasteiger partial charge in [0, 0.05) is 5.69 Å². The summed E-state index contributed by atoms with van der Waals surface area (Å²) >= 11 is 0. The lowest BCUT2D eigenvalue weighted by molar-refractivity contribution is -0.117. The number of nitrogens with one attached hydrogen (secondary N) is 1. The molecular weight excluding hydrogens is 286 g/mol. The molecule has 0 radical (unpaired) electrons. The quantitative estimate of drug-likeness (QED) is 0.895. The Morgan fingerprint density at radius 3 is 2.48 bits per heavy atom. The standard InChI is InChI=1S/C20H23NO2/c1-5-14-17-10-16(12(3)13(4)18(17)21-20(14)23)19(22)15-9-7-6-8-11(15)2/h6-10,14,19,22H,5H2,1-4H3,(H,21,23). The third-order valence-electron chi connectivity index (χ3n) is 5.10. The van der Waals surface area contributed by atoms with E-state index in [9.17, 15) is 9.90 Å². The van der Waals surface area contributed by atoms with Crippen LogP contribution in [-0.2, 0) is 4.79 Å². The van der Waals surface area contributed by atoms with Crippen LogP contribution in [0, 0.1) is 20.8 Å². The normalized spacial score (nSPS) is 17.8. The molecular formula is C20H23NO2. The number of aliphatic hydroxyl groups is 1. The van der Waals surface area contributed by atoms with Crippen molar-refractivity contribution in [2.45, 2.75) is 46.1 Å². The van der Waals surface area contributed by atoms with Crippen molar-refractivity contribution in [3.63, 3.8) is 0 Å². The van der Waals surface area contributed by atoms with Crippen molar-refractivity contribution in [2.24, 2.45) is 0 Å². The van der Waals surface area contributed by atoms with Gasteiger partial charge in [-0.2, -0.15) is 0 Å². The van der Waals surface area contributed by atoms with Gasteiger partial charge in [-0.3, -0.25) is 4.79 Å². The van der Waals surface area contributed by atoms with Crippen LogP contribution < -0.4 is 5.32 Å². The van der Waals surface area contributed by atoms with Crippen molar-refractivity contribution in [1.82, 2.24) is 0 Å². The fourth-order valence-electron chi connectivity index (χ4n) is 3.51. The molecule has 0 aliphatic carbocycles. The molecule has 120 valence electrons. The highest BCUT2D eigenvalue weighted by molar-refractivity contribution is 6.04. The van der Waals surface area contributed by atoms with Crippen molar-refractivity contribution in [2.75, 3.05) is 5.32 Å². The zero-order valence-electron chi connectivity index (χ0n) is 14.1. The van der Waals surface area contributed by atoms with Crippen molar-refractivity contribution in [1.29, 1.82) is 0 Å². The summed E-state index contributed by atoms with van der Waals surface area (Å²) in [5.74, 6) is -0.0559. The molecule has 0 saturated heterocycles. The first-order chi connectivity index (χ1) is 11.0. The van der Waals surface area contributed by atoms with Crippen LogP contribution >= 0.6 is 0 Å². The summed E-state index contributed by atoms with van der Waals surface area (Å²) in [4.78, 5) is 12.2. The smallest absolute Gasteiger partial charge is 0.232 e. The number of anilines is 1. The number of hydrogen-bond donors (Lipinski definition) is 2. The van der Waals surface area contributed by atoms with Crippen LogP contribution in [0.5, 0.6) is 0 Å². The lowest BCUT2D eigenvalue weighted by atomic mass is 9.87. The van der Waals surface area contributed by atoms with E-state index in [2.05, 4.69) is 5.32 Å². The minimum absolute atomic E-state index is 0.0625. The van der Waals surface area contributed by atoms with Crippen molar-refractivity contribution in [3.8, 4) is 0 Å². The molecule has 1 aliphatic rings. The van der Waals surface area contributed by atoms with Crippen LogP contribution in [0.2, 0.25) is 0 Å². The van der Waals surface area contributed by atoms with Gasteiger partial charge in [0.15, 0.2) is 0 Å². The van der Waals surface area contributed by atoms with E-state index in [1.807, 2.05) is 58.0 Å². The number of aryl methyl sites for hydroxylation is 1. The van der Waals surface area contributed by atoms with E-state index in [1.54, 1.807) is 0 Å². The molecule has 2 unspecified atom stereocenters. The largest absolute Gasteiger partial charge is 0.384 e. The first-order valence-electron chi connectivity index (χ1n) is 8.14. The van der Waals surface area contributed by atoms with Crippen LogP contribution in [0.3, 0.4) is 0 Å². The fourth-order valence-corrected chi connectivity index (χ4v) is 3.51. The summed E-state index contributed by atoms with van der Waals surface area (Å²) in [7, 11) is 0. The molecule has 0 spiro atoms. The molecule has 0 bridgehead atoms. The number of benzene rings is 2. The monoisotopic (exact) mass is 309 g/mol. The summed E-state index contributed by atoms with van der Waals surface area (Å²) in [5, 5.41) is 13.9. The Morgan fingerprint density at radius 2 is 1.83 bits per heavy atom. The highest BCUT2D eigenvalue weighted by atomic mass is 16.3. The second-order valence-electron chi connectivity index (χ2n) is 6.39. The number of carbonyl (C=O) groups excluding carboxylic acids is 1. The van der Waals surface area contributed by atoms with Crippen LogP contribution in [0.4, 0.5) is 5.69 Å². The number of amides is 1. The molecule has 1 heterocycles. The molecule has 3 nitrogen and oxygen atoms in total.